The van der Waals surface area contributed by atoms with Gasteiger partial charge in [0.1, 0.15) is 0 Å². The number of pyridine rings is 1. The molecule has 0 spiro atoms. The Morgan fingerprint density at radius 2 is 2.15 bits per heavy atom. The summed E-state index contributed by atoms with van der Waals surface area (Å²) in [5, 5.41) is 11.6. The van der Waals surface area contributed by atoms with E-state index in [2.05, 4.69) is 25.3 Å². The third kappa shape index (κ3) is 2.79. The van der Waals surface area contributed by atoms with E-state index >= 15 is 0 Å². The second-order valence-electron chi connectivity index (χ2n) is 6.89. The smallest absolute Gasteiger partial charge is 0.328 e. The van der Waals surface area contributed by atoms with Crippen LogP contribution in [0, 0.1) is 0 Å². The number of hydrogen-bond acceptors (Lipinski definition) is 5. The molecule has 1 saturated heterocycles. The molecule has 9 nitrogen and oxygen atoms in total. The van der Waals surface area contributed by atoms with Gasteiger partial charge >= 0.3 is 5.69 Å². The van der Waals surface area contributed by atoms with Crippen LogP contribution in [0.1, 0.15) is 61.4 Å². The van der Waals surface area contributed by atoms with E-state index in [9.17, 15) is 9.59 Å². The Morgan fingerprint density at radius 1 is 1.31 bits per heavy atom. The molecule has 0 saturated carbocycles. The molecule has 1 atom stereocenters. The normalized spacial score (nSPS) is 18.0. The molecule has 4 rings (SSSR count). The zero-order chi connectivity index (χ0) is 18.3. The Labute approximate surface area is 149 Å². The number of amides is 1. The molecule has 0 bridgehead atoms. The summed E-state index contributed by atoms with van der Waals surface area (Å²) in [6.45, 7) is 4.70. The highest BCUT2D eigenvalue weighted by Crippen LogP contribution is 2.30. The standard InChI is InChI=1S/C17H21N7O2/c1-10(2)24-15-11(9-19-24)7-12(8-18-15)16(25)23-6-4-3-5-13(23)14-20-17(26)22-21-14/h7-10,13H,3-6H2,1-2H3,(H2,20,21,22,26). The Hall–Kier alpha value is -2.97. The number of carbonyl (C=O) groups excluding carboxylic acids is 1. The molecule has 0 radical (unpaired) electrons. The van der Waals surface area contributed by atoms with Gasteiger partial charge in [-0.25, -0.2) is 19.6 Å². The van der Waals surface area contributed by atoms with Crippen LogP contribution in [0.4, 0.5) is 0 Å². The minimum Gasteiger partial charge on any atom is -0.328 e. The Balaban J connectivity index is 1.67. The van der Waals surface area contributed by atoms with Crippen molar-refractivity contribution in [2.45, 2.75) is 45.2 Å². The number of aromatic nitrogens is 6. The molecule has 2 N–H and O–H groups in total. The van der Waals surface area contributed by atoms with Crippen molar-refractivity contribution in [3.05, 3.63) is 40.3 Å². The topological polar surface area (TPSA) is 113 Å². The van der Waals surface area contributed by atoms with Gasteiger partial charge in [0.25, 0.3) is 5.91 Å². The van der Waals surface area contributed by atoms with Crippen molar-refractivity contribution < 1.29 is 4.79 Å². The van der Waals surface area contributed by atoms with Crippen LogP contribution in [0.5, 0.6) is 0 Å². The Morgan fingerprint density at radius 3 is 2.88 bits per heavy atom. The Bertz CT molecular complexity index is 1000. The number of likely N-dealkylation sites (tertiary alicyclic amines) is 1. The molecule has 3 aromatic heterocycles. The van der Waals surface area contributed by atoms with Crippen LogP contribution in [0.25, 0.3) is 11.0 Å². The molecular weight excluding hydrogens is 334 g/mol. The highest BCUT2D eigenvalue weighted by Gasteiger charge is 2.31. The van der Waals surface area contributed by atoms with Crippen molar-refractivity contribution in [3.8, 4) is 0 Å². The number of aromatic amines is 2. The predicted molar refractivity (Wildman–Crippen MR) is 94.7 cm³/mol. The summed E-state index contributed by atoms with van der Waals surface area (Å²) in [4.78, 5) is 33.4. The number of hydrogen-bond donors (Lipinski definition) is 2. The quantitative estimate of drug-likeness (QED) is 0.744. The van der Waals surface area contributed by atoms with Gasteiger partial charge in [0, 0.05) is 24.2 Å². The molecule has 1 aliphatic rings. The van der Waals surface area contributed by atoms with Gasteiger partial charge < -0.3 is 4.90 Å². The van der Waals surface area contributed by atoms with E-state index < -0.39 is 0 Å². The lowest BCUT2D eigenvalue weighted by molar-refractivity contribution is 0.0600. The first-order valence-electron chi connectivity index (χ1n) is 8.83. The van der Waals surface area contributed by atoms with Gasteiger partial charge in [-0.3, -0.25) is 9.78 Å². The lowest BCUT2D eigenvalue weighted by Gasteiger charge is -2.34. The average molecular weight is 355 g/mol. The van der Waals surface area contributed by atoms with Crippen LogP contribution in [-0.2, 0) is 0 Å². The molecule has 136 valence electrons. The van der Waals surface area contributed by atoms with Gasteiger partial charge in [-0.1, -0.05) is 0 Å². The van der Waals surface area contributed by atoms with Gasteiger partial charge in [-0.15, -0.1) is 0 Å². The molecule has 4 heterocycles. The molecule has 26 heavy (non-hydrogen) atoms. The average Bonchev–Trinajstić information content (AvgIpc) is 3.26. The summed E-state index contributed by atoms with van der Waals surface area (Å²) in [7, 11) is 0. The number of fused-ring (bicyclic) bond motifs is 1. The van der Waals surface area contributed by atoms with Crippen LogP contribution in [0.2, 0.25) is 0 Å². The van der Waals surface area contributed by atoms with Gasteiger partial charge in [0.2, 0.25) is 0 Å². The molecule has 1 unspecified atom stereocenters. The molecule has 1 aliphatic heterocycles. The SMILES string of the molecule is CC(C)n1ncc2cc(C(=O)N3CCCCC3c3n[nH]c(=O)[nH]3)cnc21. The Kier molecular flexibility index (Phi) is 4.06. The summed E-state index contributed by atoms with van der Waals surface area (Å²) in [6.07, 6.45) is 6.02. The van der Waals surface area contributed by atoms with Crippen molar-refractivity contribution in [1.82, 2.24) is 34.8 Å². The maximum Gasteiger partial charge on any atom is 0.340 e. The maximum atomic E-state index is 13.1. The van der Waals surface area contributed by atoms with Gasteiger partial charge in [0.15, 0.2) is 11.5 Å². The van der Waals surface area contributed by atoms with Gasteiger partial charge in [-0.05, 0) is 39.2 Å². The van der Waals surface area contributed by atoms with E-state index in [4.69, 9.17) is 0 Å². The number of carbonyl (C=O) groups is 1. The number of nitrogens with one attached hydrogen (secondary N) is 2. The number of piperidine rings is 1. The number of rotatable bonds is 3. The van der Waals surface area contributed by atoms with Crippen molar-refractivity contribution in [2.24, 2.45) is 0 Å². The third-order valence-electron chi connectivity index (χ3n) is 4.77. The minimum absolute atomic E-state index is 0.106. The lowest BCUT2D eigenvalue weighted by atomic mass is 10.0. The molecule has 0 aromatic carbocycles. The zero-order valence-corrected chi connectivity index (χ0v) is 14.8. The first-order valence-corrected chi connectivity index (χ1v) is 8.83. The molecule has 0 aliphatic carbocycles. The zero-order valence-electron chi connectivity index (χ0n) is 14.8. The first kappa shape index (κ1) is 16.5. The van der Waals surface area contributed by atoms with Gasteiger partial charge in [0.05, 0.1) is 17.8 Å². The van der Waals surface area contributed by atoms with Crippen LogP contribution < -0.4 is 5.69 Å². The van der Waals surface area contributed by atoms with Crippen molar-refractivity contribution in [3.63, 3.8) is 0 Å². The molecule has 9 heteroatoms. The molecule has 3 aromatic rings. The van der Waals surface area contributed by atoms with E-state index in [1.165, 1.54) is 0 Å². The molecule has 1 amide bonds. The monoisotopic (exact) mass is 355 g/mol. The summed E-state index contributed by atoms with van der Waals surface area (Å²) in [5.74, 6) is 0.398. The lowest BCUT2D eigenvalue weighted by Crippen LogP contribution is -2.39. The van der Waals surface area contributed by atoms with Crippen LogP contribution in [-0.4, -0.2) is 47.3 Å². The fourth-order valence-electron chi connectivity index (χ4n) is 3.50. The highest BCUT2D eigenvalue weighted by molar-refractivity contribution is 5.97. The molecular formula is C17H21N7O2. The van der Waals surface area contributed by atoms with E-state index in [1.54, 1.807) is 17.3 Å². The minimum atomic E-state index is -0.359. The summed E-state index contributed by atoms with van der Waals surface area (Å²) >= 11 is 0. The van der Waals surface area contributed by atoms with Crippen LogP contribution in [0.15, 0.2) is 23.3 Å². The second kappa shape index (κ2) is 6.40. The predicted octanol–water partition coefficient (Wildman–Crippen LogP) is 1.79. The van der Waals surface area contributed by atoms with E-state index in [0.29, 0.717) is 17.9 Å². The third-order valence-corrected chi connectivity index (χ3v) is 4.77. The summed E-state index contributed by atoms with van der Waals surface area (Å²) < 4.78 is 1.84. The van der Waals surface area contributed by atoms with Crippen LogP contribution in [0.3, 0.4) is 0 Å². The fraction of sp³-hybridized carbons (Fsp3) is 0.471. The fourth-order valence-corrected chi connectivity index (χ4v) is 3.50. The maximum absolute atomic E-state index is 13.1. The van der Waals surface area contributed by atoms with Crippen LogP contribution >= 0.6 is 0 Å². The molecule has 1 fully saturated rings. The van der Waals surface area contributed by atoms with E-state index in [1.807, 2.05) is 24.6 Å². The highest BCUT2D eigenvalue weighted by atomic mass is 16.2. The summed E-state index contributed by atoms with van der Waals surface area (Å²) in [6, 6.07) is 1.80. The van der Waals surface area contributed by atoms with E-state index in [0.717, 1.165) is 30.3 Å². The number of nitrogens with zero attached hydrogens (tertiary/aromatic N) is 5. The number of H-pyrrole nitrogens is 2. The van der Waals surface area contributed by atoms with Crippen molar-refractivity contribution in [1.29, 1.82) is 0 Å². The summed E-state index contributed by atoms with van der Waals surface area (Å²) in [5.41, 5.74) is 0.927. The van der Waals surface area contributed by atoms with Crippen molar-refractivity contribution in [2.75, 3.05) is 6.54 Å². The van der Waals surface area contributed by atoms with Crippen molar-refractivity contribution >= 4 is 16.9 Å². The van der Waals surface area contributed by atoms with Gasteiger partial charge in [-0.2, -0.15) is 10.2 Å². The second-order valence-corrected chi connectivity index (χ2v) is 6.89. The first-order chi connectivity index (χ1) is 12.5. The largest absolute Gasteiger partial charge is 0.340 e. The van der Waals surface area contributed by atoms with E-state index in [-0.39, 0.29) is 23.7 Å².